The zero-order valence-electron chi connectivity index (χ0n) is 12.5. The van der Waals surface area contributed by atoms with Crippen molar-refractivity contribution >= 4 is 11.3 Å². The van der Waals surface area contributed by atoms with Crippen LogP contribution in [0.4, 0.5) is 0 Å². The molecule has 18 heavy (non-hydrogen) atoms. The van der Waals surface area contributed by atoms with Crippen LogP contribution < -0.4 is 5.32 Å². The average Bonchev–Trinajstić information content (AvgIpc) is 2.62. The minimum absolute atomic E-state index is 0.659. The minimum atomic E-state index is 0.659. The highest BCUT2D eigenvalue weighted by Crippen LogP contribution is 2.19. The molecule has 0 bridgehead atoms. The van der Waals surface area contributed by atoms with E-state index in [2.05, 4.69) is 44.9 Å². The molecule has 0 saturated heterocycles. The van der Waals surface area contributed by atoms with Crippen molar-refractivity contribution in [2.45, 2.75) is 66.3 Å². The Morgan fingerprint density at radius 3 is 2.50 bits per heavy atom. The molecule has 2 nitrogen and oxygen atoms in total. The number of nitrogens with zero attached hydrogens (tertiary/aromatic N) is 1. The molecule has 1 N–H and O–H groups in total. The van der Waals surface area contributed by atoms with Crippen LogP contribution in [0.1, 0.15) is 55.6 Å². The monoisotopic (exact) mass is 268 g/mol. The number of rotatable bonds is 8. The molecule has 1 unspecified atom stereocenters. The van der Waals surface area contributed by atoms with Gasteiger partial charge in [0, 0.05) is 10.9 Å². The van der Waals surface area contributed by atoms with Crippen molar-refractivity contribution in [2.24, 2.45) is 5.92 Å². The van der Waals surface area contributed by atoms with Crippen molar-refractivity contribution in [3.05, 3.63) is 15.6 Å². The van der Waals surface area contributed by atoms with Gasteiger partial charge in [0.15, 0.2) is 0 Å². The van der Waals surface area contributed by atoms with Gasteiger partial charge in [-0.25, -0.2) is 4.98 Å². The van der Waals surface area contributed by atoms with E-state index in [1.807, 2.05) is 11.3 Å². The lowest BCUT2D eigenvalue weighted by Gasteiger charge is -2.22. The summed E-state index contributed by atoms with van der Waals surface area (Å²) in [6, 6.07) is 0.659. The Morgan fingerprint density at radius 2 is 2.00 bits per heavy atom. The summed E-state index contributed by atoms with van der Waals surface area (Å²) in [5.74, 6) is 0.719. The number of nitrogens with one attached hydrogen (secondary N) is 1. The van der Waals surface area contributed by atoms with Crippen molar-refractivity contribution in [3.63, 3.8) is 0 Å². The maximum absolute atomic E-state index is 4.61. The van der Waals surface area contributed by atoms with Crippen molar-refractivity contribution in [1.82, 2.24) is 10.3 Å². The van der Waals surface area contributed by atoms with Crippen LogP contribution in [-0.2, 0) is 6.42 Å². The van der Waals surface area contributed by atoms with Gasteiger partial charge in [0.05, 0.1) is 10.7 Å². The molecule has 0 radical (unpaired) electrons. The van der Waals surface area contributed by atoms with E-state index in [0.29, 0.717) is 6.04 Å². The molecule has 0 saturated carbocycles. The molecular formula is C15H28N2S. The molecule has 0 amide bonds. The number of hydrogen-bond acceptors (Lipinski definition) is 3. The van der Waals surface area contributed by atoms with E-state index in [4.69, 9.17) is 0 Å². The van der Waals surface area contributed by atoms with Gasteiger partial charge in [0.1, 0.15) is 0 Å². The average molecular weight is 268 g/mol. The SMILES string of the molecule is CCCNC(CCCc1nc(C)c(C)s1)C(C)C. The Kier molecular flexibility index (Phi) is 6.87. The van der Waals surface area contributed by atoms with Gasteiger partial charge in [-0.15, -0.1) is 11.3 Å². The smallest absolute Gasteiger partial charge is 0.0930 e. The summed E-state index contributed by atoms with van der Waals surface area (Å²) in [7, 11) is 0. The molecule has 0 aliphatic carbocycles. The van der Waals surface area contributed by atoms with Crippen LogP contribution in [0, 0.1) is 19.8 Å². The molecule has 0 aliphatic rings. The Morgan fingerprint density at radius 1 is 1.28 bits per heavy atom. The second-order valence-electron chi connectivity index (χ2n) is 5.45. The Labute approximate surface area is 116 Å². The van der Waals surface area contributed by atoms with Crippen LogP contribution >= 0.6 is 11.3 Å². The van der Waals surface area contributed by atoms with E-state index in [9.17, 15) is 0 Å². The summed E-state index contributed by atoms with van der Waals surface area (Å²) in [5.41, 5.74) is 1.21. The first-order valence-electron chi connectivity index (χ1n) is 7.20. The van der Waals surface area contributed by atoms with Gasteiger partial charge in [-0.1, -0.05) is 20.8 Å². The quantitative estimate of drug-likeness (QED) is 0.767. The first-order valence-corrected chi connectivity index (χ1v) is 8.02. The van der Waals surface area contributed by atoms with E-state index >= 15 is 0 Å². The standard InChI is InChI=1S/C15H28N2S/c1-6-10-16-14(11(2)3)8-7-9-15-17-12(4)13(5)18-15/h11,14,16H,6-10H2,1-5H3. The zero-order valence-corrected chi connectivity index (χ0v) is 13.4. The van der Waals surface area contributed by atoms with Crippen LogP contribution in [0.5, 0.6) is 0 Å². The first-order chi connectivity index (χ1) is 8.54. The summed E-state index contributed by atoms with van der Waals surface area (Å²) in [6.07, 6.45) is 4.85. The second-order valence-corrected chi connectivity index (χ2v) is 6.73. The third-order valence-corrected chi connectivity index (χ3v) is 4.57. The van der Waals surface area contributed by atoms with Crippen molar-refractivity contribution in [1.29, 1.82) is 0 Å². The molecule has 1 aromatic rings. The maximum atomic E-state index is 4.61. The lowest BCUT2D eigenvalue weighted by molar-refractivity contribution is 0.370. The number of aromatic nitrogens is 1. The number of aryl methyl sites for hydroxylation is 3. The Bertz CT molecular complexity index is 325. The van der Waals surface area contributed by atoms with Crippen LogP contribution in [0.25, 0.3) is 0 Å². The highest BCUT2D eigenvalue weighted by molar-refractivity contribution is 7.11. The molecule has 1 atom stereocenters. The number of hydrogen-bond donors (Lipinski definition) is 1. The van der Waals surface area contributed by atoms with Gasteiger partial charge in [0.2, 0.25) is 0 Å². The second kappa shape index (κ2) is 7.90. The Hall–Kier alpha value is -0.410. The molecule has 104 valence electrons. The maximum Gasteiger partial charge on any atom is 0.0930 e. The molecule has 1 aromatic heterocycles. The van der Waals surface area contributed by atoms with Crippen LogP contribution in [0.15, 0.2) is 0 Å². The molecule has 1 rings (SSSR count). The molecule has 0 aliphatic heterocycles. The van der Waals surface area contributed by atoms with Gasteiger partial charge >= 0.3 is 0 Å². The summed E-state index contributed by atoms with van der Waals surface area (Å²) in [5, 5.41) is 4.96. The van der Waals surface area contributed by atoms with E-state index in [1.165, 1.54) is 34.8 Å². The van der Waals surface area contributed by atoms with Gasteiger partial charge in [0.25, 0.3) is 0 Å². The molecule has 0 aromatic carbocycles. The molecule has 0 fully saturated rings. The van der Waals surface area contributed by atoms with E-state index < -0.39 is 0 Å². The number of thiazole rings is 1. The highest BCUT2D eigenvalue weighted by atomic mass is 32.1. The third-order valence-electron chi connectivity index (χ3n) is 3.44. The fourth-order valence-electron chi connectivity index (χ4n) is 2.12. The van der Waals surface area contributed by atoms with Crippen molar-refractivity contribution in [2.75, 3.05) is 6.54 Å². The van der Waals surface area contributed by atoms with Crippen LogP contribution in [0.3, 0.4) is 0 Å². The Balaban J connectivity index is 2.34. The summed E-state index contributed by atoms with van der Waals surface area (Å²) in [6.45, 7) is 12.3. The fourth-order valence-corrected chi connectivity index (χ4v) is 3.10. The van der Waals surface area contributed by atoms with Gasteiger partial charge < -0.3 is 5.32 Å². The molecule has 0 spiro atoms. The van der Waals surface area contributed by atoms with Gasteiger partial charge in [-0.3, -0.25) is 0 Å². The zero-order chi connectivity index (χ0) is 13.5. The summed E-state index contributed by atoms with van der Waals surface area (Å²) < 4.78 is 0. The van der Waals surface area contributed by atoms with Crippen LogP contribution in [-0.4, -0.2) is 17.6 Å². The topological polar surface area (TPSA) is 24.9 Å². The van der Waals surface area contributed by atoms with Crippen LogP contribution in [0.2, 0.25) is 0 Å². The normalized spacial score (nSPS) is 13.2. The van der Waals surface area contributed by atoms with Gasteiger partial charge in [-0.05, 0) is 52.0 Å². The molecular weight excluding hydrogens is 240 g/mol. The van der Waals surface area contributed by atoms with Crippen molar-refractivity contribution < 1.29 is 0 Å². The molecule has 3 heteroatoms. The summed E-state index contributed by atoms with van der Waals surface area (Å²) >= 11 is 1.86. The highest BCUT2D eigenvalue weighted by Gasteiger charge is 2.12. The van der Waals surface area contributed by atoms with E-state index in [1.54, 1.807) is 0 Å². The molecule has 1 heterocycles. The van der Waals surface area contributed by atoms with E-state index in [-0.39, 0.29) is 0 Å². The lowest BCUT2D eigenvalue weighted by Crippen LogP contribution is -2.34. The summed E-state index contributed by atoms with van der Waals surface area (Å²) in [4.78, 5) is 5.98. The van der Waals surface area contributed by atoms with Crippen molar-refractivity contribution in [3.8, 4) is 0 Å². The van der Waals surface area contributed by atoms with Gasteiger partial charge in [-0.2, -0.15) is 0 Å². The third kappa shape index (κ3) is 5.07. The predicted molar refractivity (Wildman–Crippen MR) is 81.4 cm³/mol. The predicted octanol–water partition coefficient (Wildman–Crippen LogP) is 4.11. The lowest BCUT2D eigenvalue weighted by atomic mass is 9.98. The minimum Gasteiger partial charge on any atom is -0.314 e. The first kappa shape index (κ1) is 15.6. The largest absolute Gasteiger partial charge is 0.314 e. The fraction of sp³-hybridized carbons (Fsp3) is 0.800. The van der Waals surface area contributed by atoms with E-state index in [0.717, 1.165) is 18.9 Å².